The first-order valence-electron chi connectivity index (χ1n) is 10.8. The number of piperidine rings is 1. The summed E-state index contributed by atoms with van der Waals surface area (Å²) in [6.45, 7) is 1.76. The monoisotopic (exact) mass is 501 g/mol. The number of nitriles is 1. The van der Waals surface area contributed by atoms with Crippen LogP contribution in [0.3, 0.4) is 0 Å². The van der Waals surface area contributed by atoms with Crippen LogP contribution in [0, 0.1) is 17.2 Å². The highest BCUT2D eigenvalue weighted by Gasteiger charge is 2.27. The lowest BCUT2D eigenvalue weighted by atomic mass is 9.96. The normalized spacial score (nSPS) is 18.3. The molecule has 11 nitrogen and oxygen atoms in total. The van der Waals surface area contributed by atoms with Gasteiger partial charge < -0.3 is 19.8 Å². The Labute approximate surface area is 200 Å². The van der Waals surface area contributed by atoms with Gasteiger partial charge in [-0.3, -0.25) is 0 Å². The SMILES string of the molecule is CS(=O)(=O)N1CCCC(CCn2c(Sc3cc4c(cc3C#N)OCO4)nc3c(N)ncnc32)C1. The van der Waals surface area contributed by atoms with Crippen molar-refractivity contribution in [3.05, 3.63) is 24.0 Å². The van der Waals surface area contributed by atoms with Crippen molar-refractivity contribution in [2.45, 2.75) is 35.9 Å². The lowest BCUT2D eigenvalue weighted by Crippen LogP contribution is -2.39. The van der Waals surface area contributed by atoms with E-state index in [9.17, 15) is 13.7 Å². The van der Waals surface area contributed by atoms with Crippen LogP contribution < -0.4 is 15.2 Å². The number of hydrogen-bond donors (Lipinski definition) is 1. The fourth-order valence-corrected chi connectivity index (χ4v) is 6.23. The average Bonchev–Trinajstić information content (AvgIpc) is 3.41. The number of nitrogens with zero attached hydrogens (tertiary/aromatic N) is 6. The second-order valence-electron chi connectivity index (χ2n) is 8.31. The average molecular weight is 502 g/mol. The maximum atomic E-state index is 12.0. The summed E-state index contributed by atoms with van der Waals surface area (Å²) in [5.41, 5.74) is 7.61. The molecule has 1 atom stereocenters. The molecule has 2 aromatic heterocycles. The highest BCUT2D eigenvalue weighted by Crippen LogP contribution is 2.41. The van der Waals surface area contributed by atoms with Crippen LogP contribution in [-0.2, 0) is 16.6 Å². The molecule has 0 amide bonds. The molecule has 1 fully saturated rings. The molecule has 1 aromatic carbocycles. The van der Waals surface area contributed by atoms with Gasteiger partial charge in [-0.05, 0) is 31.2 Å². The molecule has 0 radical (unpaired) electrons. The van der Waals surface area contributed by atoms with E-state index in [0.29, 0.717) is 57.9 Å². The van der Waals surface area contributed by atoms with Crippen molar-refractivity contribution in [2.75, 3.05) is 31.9 Å². The highest BCUT2D eigenvalue weighted by molar-refractivity contribution is 7.99. The summed E-state index contributed by atoms with van der Waals surface area (Å²) in [5.74, 6) is 1.61. The number of fused-ring (bicyclic) bond motifs is 2. The van der Waals surface area contributed by atoms with E-state index >= 15 is 0 Å². The van der Waals surface area contributed by atoms with Gasteiger partial charge in [-0.2, -0.15) is 5.26 Å². The van der Waals surface area contributed by atoms with Gasteiger partial charge in [0.2, 0.25) is 16.8 Å². The summed E-state index contributed by atoms with van der Waals surface area (Å²) in [6, 6.07) is 5.64. The van der Waals surface area contributed by atoms with E-state index in [2.05, 4.69) is 21.0 Å². The topological polar surface area (TPSA) is 149 Å². The molecular formula is C21H23N7O4S2. The number of sulfonamides is 1. The summed E-state index contributed by atoms with van der Waals surface area (Å²) in [6.07, 6.45) is 5.20. The van der Waals surface area contributed by atoms with Crippen LogP contribution in [0.1, 0.15) is 24.8 Å². The Balaban J connectivity index is 1.46. The van der Waals surface area contributed by atoms with Crippen LogP contribution in [0.4, 0.5) is 5.82 Å². The maximum Gasteiger partial charge on any atom is 0.231 e. The summed E-state index contributed by atoms with van der Waals surface area (Å²) in [7, 11) is -3.21. The molecule has 0 spiro atoms. The minimum Gasteiger partial charge on any atom is -0.454 e. The molecule has 0 saturated carbocycles. The smallest absolute Gasteiger partial charge is 0.231 e. The Morgan fingerprint density at radius 3 is 2.85 bits per heavy atom. The predicted octanol–water partition coefficient (Wildman–Crippen LogP) is 2.22. The van der Waals surface area contributed by atoms with Gasteiger partial charge in [-0.1, -0.05) is 11.8 Å². The number of nitrogen functional groups attached to an aromatic ring is 1. The minimum absolute atomic E-state index is 0.116. The number of imidazole rings is 1. The van der Waals surface area contributed by atoms with Gasteiger partial charge in [0.15, 0.2) is 33.6 Å². The maximum absolute atomic E-state index is 12.0. The van der Waals surface area contributed by atoms with E-state index in [1.54, 1.807) is 16.4 Å². The van der Waals surface area contributed by atoms with Crippen LogP contribution in [0.15, 0.2) is 28.5 Å². The lowest BCUT2D eigenvalue weighted by Gasteiger charge is -2.31. The van der Waals surface area contributed by atoms with Crippen molar-refractivity contribution >= 4 is 38.8 Å². The van der Waals surface area contributed by atoms with Crippen molar-refractivity contribution in [3.8, 4) is 17.6 Å². The fourth-order valence-electron chi connectivity index (χ4n) is 4.28. The zero-order valence-corrected chi connectivity index (χ0v) is 20.1. The molecule has 2 N–H and O–H groups in total. The number of aromatic nitrogens is 4. The van der Waals surface area contributed by atoms with Gasteiger partial charge in [-0.15, -0.1) is 0 Å². The Morgan fingerprint density at radius 2 is 2.09 bits per heavy atom. The zero-order valence-electron chi connectivity index (χ0n) is 18.5. The van der Waals surface area contributed by atoms with E-state index in [4.69, 9.17) is 15.2 Å². The molecule has 2 aliphatic heterocycles. The number of hydrogen-bond acceptors (Lipinski definition) is 10. The Morgan fingerprint density at radius 1 is 1.29 bits per heavy atom. The van der Waals surface area contributed by atoms with Gasteiger partial charge in [-0.25, -0.2) is 27.7 Å². The number of nitrogens with two attached hydrogens (primary N) is 1. The molecule has 3 aromatic rings. The quantitative estimate of drug-likeness (QED) is 0.532. The number of aryl methyl sites for hydroxylation is 1. The first-order chi connectivity index (χ1) is 16.3. The van der Waals surface area contributed by atoms with E-state index in [1.165, 1.54) is 24.3 Å². The predicted molar refractivity (Wildman–Crippen MR) is 125 cm³/mol. The lowest BCUT2D eigenvalue weighted by molar-refractivity contribution is 0.174. The van der Waals surface area contributed by atoms with Gasteiger partial charge in [0.1, 0.15) is 12.4 Å². The number of ether oxygens (including phenoxy) is 2. The second kappa shape index (κ2) is 8.94. The van der Waals surface area contributed by atoms with Crippen molar-refractivity contribution in [2.24, 2.45) is 5.92 Å². The van der Waals surface area contributed by atoms with E-state index in [0.717, 1.165) is 19.3 Å². The standard InChI is InChI=1S/C21H23N7O4S2/c1-34(29,30)27-5-2-3-13(10-27)4-6-28-20-18(19(23)24-11-25-20)26-21(28)33-17-8-16-15(31-12-32-16)7-14(17)9-22/h7-8,11,13H,2-6,10,12H2,1H3,(H2,23,24,25). The molecule has 1 saturated heterocycles. The van der Waals surface area contributed by atoms with Crippen LogP contribution >= 0.6 is 11.8 Å². The van der Waals surface area contributed by atoms with E-state index < -0.39 is 10.0 Å². The van der Waals surface area contributed by atoms with Gasteiger partial charge in [0.05, 0.1) is 11.8 Å². The van der Waals surface area contributed by atoms with Crippen LogP contribution in [-0.4, -0.2) is 58.4 Å². The van der Waals surface area contributed by atoms with Crippen LogP contribution in [0.2, 0.25) is 0 Å². The van der Waals surface area contributed by atoms with Crippen LogP contribution in [0.5, 0.6) is 11.5 Å². The van der Waals surface area contributed by atoms with Gasteiger partial charge in [0.25, 0.3) is 0 Å². The first kappa shape index (κ1) is 22.7. The second-order valence-corrected chi connectivity index (χ2v) is 11.3. The molecule has 1 unspecified atom stereocenters. The van der Waals surface area contributed by atoms with Crippen molar-refractivity contribution < 1.29 is 17.9 Å². The summed E-state index contributed by atoms with van der Waals surface area (Å²) < 4.78 is 38.4. The molecule has 13 heteroatoms. The van der Waals surface area contributed by atoms with Gasteiger partial charge >= 0.3 is 0 Å². The Kier molecular flexibility index (Phi) is 5.97. The van der Waals surface area contributed by atoms with E-state index in [-0.39, 0.29) is 18.5 Å². The number of anilines is 1. The molecule has 34 heavy (non-hydrogen) atoms. The molecule has 4 heterocycles. The largest absolute Gasteiger partial charge is 0.454 e. The summed E-state index contributed by atoms with van der Waals surface area (Å²) in [4.78, 5) is 13.8. The van der Waals surface area contributed by atoms with Crippen molar-refractivity contribution in [1.82, 2.24) is 23.8 Å². The molecule has 0 bridgehead atoms. The molecule has 178 valence electrons. The third-order valence-corrected chi connectivity index (χ3v) is 8.36. The zero-order chi connectivity index (χ0) is 23.9. The number of benzene rings is 1. The fraction of sp³-hybridized carbons (Fsp3) is 0.429. The Bertz CT molecular complexity index is 1400. The molecule has 5 rings (SSSR count). The molecular weight excluding hydrogens is 478 g/mol. The molecule has 0 aliphatic carbocycles. The first-order valence-corrected chi connectivity index (χ1v) is 13.4. The van der Waals surface area contributed by atoms with E-state index in [1.807, 2.05) is 4.57 Å². The summed E-state index contributed by atoms with van der Waals surface area (Å²) in [5, 5.41) is 10.3. The summed E-state index contributed by atoms with van der Waals surface area (Å²) >= 11 is 1.32. The third kappa shape index (κ3) is 4.36. The van der Waals surface area contributed by atoms with Crippen molar-refractivity contribution in [1.29, 1.82) is 5.26 Å². The number of rotatable bonds is 6. The Hall–Kier alpha value is -3.08. The van der Waals surface area contributed by atoms with Crippen LogP contribution in [0.25, 0.3) is 11.2 Å². The van der Waals surface area contributed by atoms with Crippen molar-refractivity contribution in [3.63, 3.8) is 0 Å². The van der Waals surface area contributed by atoms with Gasteiger partial charge in [0, 0.05) is 30.6 Å². The third-order valence-electron chi connectivity index (χ3n) is 6.03. The minimum atomic E-state index is -3.21. The highest BCUT2D eigenvalue weighted by atomic mass is 32.2. The molecule has 2 aliphatic rings.